The van der Waals surface area contributed by atoms with Gasteiger partial charge < -0.3 is 14.7 Å². The molecule has 0 aromatic carbocycles. The van der Waals surface area contributed by atoms with Crippen molar-refractivity contribution in [3.8, 4) is 0 Å². The van der Waals surface area contributed by atoms with Crippen molar-refractivity contribution >= 4 is 29.8 Å². The number of aliphatic hydroxyl groups is 1. The molecule has 2 aromatic rings. The van der Waals surface area contributed by atoms with Crippen molar-refractivity contribution < 1.29 is 27.8 Å². The molecule has 1 aliphatic heterocycles. The van der Waals surface area contributed by atoms with E-state index < -0.39 is 29.0 Å². The molecule has 1 fully saturated rings. The second kappa shape index (κ2) is 9.88. The Morgan fingerprint density at radius 2 is 1.68 bits per heavy atom. The zero-order chi connectivity index (χ0) is 25.1. The molecule has 3 heterocycles. The van der Waals surface area contributed by atoms with Crippen LogP contribution in [0.4, 0.5) is 29.7 Å². The summed E-state index contributed by atoms with van der Waals surface area (Å²) < 4.78 is 46.2. The number of anilines is 2. The van der Waals surface area contributed by atoms with E-state index in [1.165, 1.54) is 11.9 Å². The van der Waals surface area contributed by atoms with Crippen molar-refractivity contribution in [3.05, 3.63) is 30.1 Å². The van der Waals surface area contributed by atoms with Crippen molar-refractivity contribution in [1.29, 1.82) is 0 Å². The number of ether oxygens (including phenoxy) is 1. The molecule has 1 amide bonds. The molecule has 0 bridgehead atoms. The molecule has 0 unspecified atom stereocenters. The van der Waals surface area contributed by atoms with Crippen LogP contribution < -0.4 is 10.2 Å². The summed E-state index contributed by atoms with van der Waals surface area (Å²) in [5.74, 6) is 0.567. The van der Waals surface area contributed by atoms with Gasteiger partial charge in [0.25, 0.3) is 0 Å². The zero-order valence-corrected chi connectivity index (χ0v) is 19.9. The molecule has 1 atom stereocenters. The molecule has 0 saturated carbocycles. The quantitative estimate of drug-likeness (QED) is 0.592. The van der Waals surface area contributed by atoms with Crippen LogP contribution in [0.15, 0.2) is 29.6 Å². The van der Waals surface area contributed by atoms with Gasteiger partial charge in [-0.1, -0.05) is 0 Å². The Bertz CT molecular complexity index is 975. The molecular weight excluding hydrogens is 475 g/mol. The summed E-state index contributed by atoms with van der Waals surface area (Å²) in [6.07, 6.45) is -3.44. The van der Waals surface area contributed by atoms with Crippen LogP contribution in [-0.2, 0) is 10.3 Å². The maximum Gasteiger partial charge on any atom is 0.421 e. The van der Waals surface area contributed by atoms with Gasteiger partial charge in [-0.15, -0.1) is 10.2 Å². The first kappa shape index (κ1) is 25.9. The Labute approximate surface area is 199 Å². The topological polar surface area (TPSA) is 117 Å². The second-order valence-electron chi connectivity index (χ2n) is 8.73. The van der Waals surface area contributed by atoms with Crippen molar-refractivity contribution in [2.75, 3.05) is 36.4 Å². The molecular formula is C20H26F3N7O3S. The van der Waals surface area contributed by atoms with Crippen molar-refractivity contribution in [3.63, 3.8) is 0 Å². The fourth-order valence-corrected chi connectivity index (χ4v) is 3.67. The smallest absolute Gasteiger partial charge is 0.421 e. The van der Waals surface area contributed by atoms with E-state index in [2.05, 4.69) is 29.8 Å². The van der Waals surface area contributed by atoms with Gasteiger partial charge in [0.2, 0.25) is 5.95 Å². The minimum Gasteiger partial charge on any atom is -0.444 e. The third kappa shape index (κ3) is 6.67. The number of carbonyl (C=O) groups excluding carboxylic acids is 1. The Hall–Kier alpha value is -2.71. The number of aromatic nitrogens is 4. The molecule has 186 valence electrons. The van der Waals surface area contributed by atoms with E-state index in [-0.39, 0.29) is 5.82 Å². The van der Waals surface area contributed by atoms with Crippen LogP contribution in [-0.4, -0.2) is 73.6 Å². The summed E-state index contributed by atoms with van der Waals surface area (Å²) in [7, 11) is 0. The van der Waals surface area contributed by atoms with Crippen LogP contribution in [0.5, 0.6) is 0 Å². The van der Waals surface area contributed by atoms with Gasteiger partial charge >= 0.3 is 12.3 Å². The Morgan fingerprint density at radius 3 is 2.18 bits per heavy atom. The predicted octanol–water partition coefficient (Wildman–Crippen LogP) is 3.21. The van der Waals surface area contributed by atoms with E-state index in [1.54, 1.807) is 32.9 Å². The fraction of sp³-hybridized carbons (Fsp3) is 0.550. The van der Waals surface area contributed by atoms with Crippen molar-refractivity contribution in [2.45, 2.75) is 50.1 Å². The van der Waals surface area contributed by atoms with Crippen LogP contribution >= 0.6 is 11.9 Å². The largest absolute Gasteiger partial charge is 0.444 e. The summed E-state index contributed by atoms with van der Waals surface area (Å²) in [5.41, 5.74) is -4.05. The Balaban J connectivity index is 1.50. The summed E-state index contributed by atoms with van der Waals surface area (Å²) >= 11 is 1.40. The number of carbonyl (C=O) groups is 1. The molecule has 3 rings (SSSR count). The van der Waals surface area contributed by atoms with Crippen LogP contribution in [0, 0.1) is 0 Å². The highest BCUT2D eigenvalue weighted by Gasteiger charge is 2.51. The molecule has 0 aliphatic carbocycles. The highest BCUT2D eigenvalue weighted by atomic mass is 32.2. The molecule has 2 N–H and O–H groups in total. The third-order valence-corrected chi connectivity index (χ3v) is 5.79. The SMILES string of the molecule is CC(C)(C)OC(=O)Nc1ccc(SN2CCN(c3ncc([C@@](C)(O)C(F)(F)F)cn3)CC2)nn1. The van der Waals surface area contributed by atoms with E-state index in [0.717, 1.165) is 12.4 Å². The van der Waals surface area contributed by atoms with E-state index >= 15 is 0 Å². The van der Waals surface area contributed by atoms with Crippen LogP contribution in [0.3, 0.4) is 0 Å². The molecule has 10 nitrogen and oxygen atoms in total. The fourth-order valence-electron chi connectivity index (χ4n) is 2.85. The number of piperazine rings is 1. The summed E-state index contributed by atoms with van der Waals surface area (Å²) in [4.78, 5) is 21.7. The first-order valence-electron chi connectivity index (χ1n) is 10.4. The maximum atomic E-state index is 13.0. The van der Waals surface area contributed by atoms with E-state index in [1.807, 2.05) is 4.90 Å². The second-order valence-corrected chi connectivity index (χ2v) is 9.85. The van der Waals surface area contributed by atoms with Gasteiger partial charge in [-0.2, -0.15) is 13.2 Å². The number of amides is 1. The number of alkyl halides is 3. The van der Waals surface area contributed by atoms with Gasteiger partial charge in [-0.05, 0) is 51.8 Å². The van der Waals surface area contributed by atoms with Gasteiger partial charge in [0, 0.05) is 44.1 Å². The standard InChI is InChI=1S/C20H26F3N7O3S/c1-18(2,3)33-17(31)26-14-5-6-15(28-27-14)34-30-9-7-29(8-10-30)16-24-11-13(12-25-16)19(4,32)20(21,22)23/h5-6,11-12,32H,7-10H2,1-4H3,(H,26,27,31)/t19-/m1/s1. The van der Waals surface area contributed by atoms with Crippen LogP contribution in [0.25, 0.3) is 0 Å². The minimum atomic E-state index is -4.83. The van der Waals surface area contributed by atoms with E-state index in [0.29, 0.717) is 44.1 Å². The maximum absolute atomic E-state index is 13.0. The molecule has 1 saturated heterocycles. The first-order chi connectivity index (χ1) is 15.7. The summed E-state index contributed by atoms with van der Waals surface area (Å²) in [6.45, 7) is 8.30. The van der Waals surface area contributed by atoms with Gasteiger partial charge in [0.05, 0.1) is 0 Å². The molecule has 2 aromatic heterocycles. The lowest BCUT2D eigenvalue weighted by molar-refractivity contribution is -0.259. The summed E-state index contributed by atoms with van der Waals surface area (Å²) in [5, 5.41) is 21.0. The molecule has 0 radical (unpaired) electrons. The van der Waals surface area contributed by atoms with Gasteiger partial charge in [0.1, 0.15) is 10.6 Å². The molecule has 0 spiro atoms. The first-order valence-corrected chi connectivity index (χ1v) is 11.2. The lowest BCUT2D eigenvalue weighted by Gasteiger charge is -2.33. The number of rotatable bonds is 5. The summed E-state index contributed by atoms with van der Waals surface area (Å²) in [6, 6.07) is 3.35. The van der Waals surface area contributed by atoms with Crippen molar-refractivity contribution in [2.24, 2.45) is 0 Å². The predicted molar refractivity (Wildman–Crippen MR) is 119 cm³/mol. The number of hydrogen-bond acceptors (Lipinski definition) is 10. The number of halogens is 3. The highest BCUT2D eigenvalue weighted by Crippen LogP contribution is 2.38. The monoisotopic (exact) mass is 501 g/mol. The van der Waals surface area contributed by atoms with Crippen LogP contribution in [0.2, 0.25) is 0 Å². The molecule has 14 heteroatoms. The number of nitrogens with zero attached hydrogens (tertiary/aromatic N) is 6. The van der Waals surface area contributed by atoms with E-state index in [4.69, 9.17) is 4.74 Å². The Kier molecular flexibility index (Phi) is 7.53. The number of hydrogen-bond donors (Lipinski definition) is 2. The Morgan fingerprint density at radius 1 is 1.06 bits per heavy atom. The molecule has 34 heavy (non-hydrogen) atoms. The average molecular weight is 502 g/mol. The lowest BCUT2D eigenvalue weighted by atomic mass is 9.99. The lowest BCUT2D eigenvalue weighted by Crippen LogP contribution is -2.44. The normalized spacial score (nSPS) is 17.2. The highest BCUT2D eigenvalue weighted by molar-refractivity contribution is 7.97. The minimum absolute atomic E-state index is 0.272. The van der Waals surface area contributed by atoms with Crippen LogP contribution in [0.1, 0.15) is 33.3 Å². The van der Waals surface area contributed by atoms with Crippen molar-refractivity contribution in [1.82, 2.24) is 24.5 Å². The van der Waals surface area contributed by atoms with E-state index in [9.17, 15) is 23.1 Å². The van der Waals surface area contributed by atoms with Gasteiger partial charge in [0.15, 0.2) is 11.4 Å². The van der Waals surface area contributed by atoms with Gasteiger partial charge in [-0.3, -0.25) is 5.32 Å². The average Bonchev–Trinajstić information content (AvgIpc) is 2.74. The zero-order valence-electron chi connectivity index (χ0n) is 19.1. The van der Waals surface area contributed by atoms with Gasteiger partial charge in [-0.25, -0.2) is 19.1 Å². The third-order valence-electron chi connectivity index (χ3n) is 4.77. The molecule has 1 aliphatic rings. The number of nitrogens with one attached hydrogen (secondary N) is 1.